The van der Waals surface area contributed by atoms with Crippen molar-refractivity contribution in [2.75, 3.05) is 4.90 Å². The van der Waals surface area contributed by atoms with Crippen LogP contribution in [0.4, 0.5) is 17.1 Å². The lowest BCUT2D eigenvalue weighted by atomic mass is 10.0. The molecule has 0 saturated heterocycles. The zero-order valence-corrected chi connectivity index (χ0v) is 30.6. The highest BCUT2D eigenvalue weighted by Crippen LogP contribution is 2.42. The first-order valence-corrected chi connectivity index (χ1v) is 18.9. The SMILES string of the molecule is c1ccc(-c2ccc(N(c3ccccc3)c3ccc4c(c3)oc3cccc(-c5nc(-c6ccccc6)nc(-c6cccc7c6oc6ccccc67)n5)c34)cc2)cc1. The molecule has 268 valence electrons. The zero-order chi connectivity index (χ0) is 37.7. The van der Waals surface area contributed by atoms with Gasteiger partial charge in [-0.2, -0.15) is 0 Å². The van der Waals surface area contributed by atoms with Gasteiger partial charge in [0.05, 0.1) is 5.56 Å². The Bertz CT molecular complexity index is 3230. The van der Waals surface area contributed by atoms with E-state index in [1.54, 1.807) is 0 Å². The largest absolute Gasteiger partial charge is 0.456 e. The minimum atomic E-state index is 0.535. The van der Waals surface area contributed by atoms with Crippen molar-refractivity contribution >= 4 is 60.9 Å². The van der Waals surface area contributed by atoms with Gasteiger partial charge in [-0.1, -0.05) is 133 Å². The van der Waals surface area contributed by atoms with Crippen LogP contribution < -0.4 is 4.90 Å². The highest BCUT2D eigenvalue weighted by Gasteiger charge is 2.21. The van der Waals surface area contributed by atoms with Gasteiger partial charge < -0.3 is 13.7 Å². The van der Waals surface area contributed by atoms with Gasteiger partial charge in [0, 0.05) is 55.8 Å². The number of anilines is 3. The van der Waals surface area contributed by atoms with Crippen LogP contribution in [0.2, 0.25) is 0 Å². The van der Waals surface area contributed by atoms with Crippen LogP contribution in [0.5, 0.6) is 0 Å². The summed E-state index contributed by atoms with van der Waals surface area (Å²) in [4.78, 5) is 17.6. The Labute approximate surface area is 328 Å². The lowest BCUT2D eigenvalue weighted by Gasteiger charge is -2.25. The molecule has 0 amide bonds. The molecule has 0 fully saturated rings. The van der Waals surface area contributed by atoms with E-state index in [9.17, 15) is 0 Å². The second-order valence-electron chi connectivity index (χ2n) is 14.0. The summed E-state index contributed by atoms with van der Waals surface area (Å²) < 4.78 is 13.1. The van der Waals surface area contributed by atoms with Crippen molar-refractivity contribution < 1.29 is 8.83 Å². The smallest absolute Gasteiger partial charge is 0.167 e. The maximum absolute atomic E-state index is 6.66. The summed E-state index contributed by atoms with van der Waals surface area (Å²) in [5.74, 6) is 1.66. The summed E-state index contributed by atoms with van der Waals surface area (Å²) in [5.41, 5.74) is 11.1. The monoisotopic (exact) mass is 732 g/mol. The summed E-state index contributed by atoms with van der Waals surface area (Å²) in [7, 11) is 0. The Balaban J connectivity index is 1.07. The fraction of sp³-hybridized carbons (Fsp3) is 0. The first-order chi connectivity index (χ1) is 28.2. The number of furan rings is 2. The molecule has 0 aliphatic carbocycles. The van der Waals surface area contributed by atoms with E-state index in [0.717, 1.165) is 77.6 Å². The molecular weight excluding hydrogens is 701 g/mol. The molecule has 0 bridgehead atoms. The van der Waals surface area contributed by atoms with Crippen molar-refractivity contribution in [3.63, 3.8) is 0 Å². The van der Waals surface area contributed by atoms with Crippen LogP contribution in [-0.4, -0.2) is 15.0 Å². The van der Waals surface area contributed by atoms with Gasteiger partial charge in [-0.25, -0.2) is 15.0 Å². The van der Waals surface area contributed by atoms with Crippen LogP contribution in [0.15, 0.2) is 203 Å². The second kappa shape index (κ2) is 13.5. The molecule has 0 saturated carbocycles. The minimum absolute atomic E-state index is 0.535. The first-order valence-electron chi connectivity index (χ1n) is 18.9. The Morgan fingerprint density at radius 1 is 0.333 bits per heavy atom. The number of fused-ring (bicyclic) bond motifs is 6. The van der Waals surface area contributed by atoms with Crippen molar-refractivity contribution in [1.29, 1.82) is 0 Å². The van der Waals surface area contributed by atoms with Gasteiger partial charge in [-0.05, 0) is 65.7 Å². The predicted molar refractivity (Wildman–Crippen MR) is 231 cm³/mol. The predicted octanol–water partition coefficient (Wildman–Crippen LogP) is 13.8. The molecule has 3 aromatic heterocycles. The second-order valence-corrected chi connectivity index (χ2v) is 14.0. The quantitative estimate of drug-likeness (QED) is 0.162. The van der Waals surface area contributed by atoms with Gasteiger partial charge in [-0.15, -0.1) is 0 Å². The zero-order valence-electron chi connectivity index (χ0n) is 30.6. The van der Waals surface area contributed by atoms with E-state index >= 15 is 0 Å². The normalized spacial score (nSPS) is 11.5. The number of hydrogen-bond acceptors (Lipinski definition) is 6. The molecule has 57 heavy (non-hydrogen) atoms. The number of rotatable bonds is 7. The van der Waals surface area contributed by atoms with E-state index in [1.807, 2.05) is 84.9 Å². The van der Waals surface area contributed by atoms with Crippen LogP contribution in [0, 0.1) is 0 Å². The standard InChI is InChI=1S/C51H32N4O2/c1-4-14-33(15-5-1)34-26-28-37(29-27-34)55(36-18-8-3-9-19-36)38-30-31-41-46(32-38)56-45-25-13-22-42(47(41)45)50-52-49(35-16-6-2-7-17-35)53-51(54-50)43-23-12-21-40-39-20-10-11-24-44(39)57-48(40)43/h1-32H. The molecule has 0 aliphatic rings. The fourth-order valence-corrected chi connectivity index (χ4v) is 7.85. The summed E-state index contributed by atoms with van der Waals surface area (Å²) in [5, 5.41) is 3.98. The molecule has 6 heteroatoms. The molecule has 0 unspecified atom stereocenters. The Kier molecular flexibility index (Phi) is 7.71. The summed E-state index contributed by atoms with van der Waals surface area (Å²) in [6, 6.07) is 66.3. The van der Waals surface area contributed by atoms with E-state index in [-0.39, 0.29) is 0 Å². The van der Waals surface area contributed by atoms with Crippen LogP contribution in [0.1, 0.15) is 0 Å². The average molecular weight is 733 g/mol. The number of para-hydroxylation sites is 3. The molecule has 0 atom stereocenters. The van der Waals surface area contributed by atoms with Crippen molar-refractivity contribution in [2.24, 2.45) is 0 Å². The van der Waals surface area contributed by atoms with E-state index < -0.39 is 0 Å². The lowest BCUT2D eigenvalue weighted by Crippen LogP contribution is -2.09. The molecule has 0 N–H and O–H groups in total. The van der Waals surface area contributed by atoms with Gasteiger partial charge in [0.2, 0.25) is 0 Å². The van der Waals surface area contributed by atoms with Crippen molar-refractivity contribution in [3.8, 4) is 45.3 Å². The Morgan fingerprint density at radius 3 is 1.68 bits per heavy atom. The van der Waals surface area contributed by atoms with Gasteiger partial charge in [-0.3, -0.25) is 0 Å². The molecule has 0 radical (unpaired) electrons. The molecule has 0 aliphatic heterocycles. The lowest BCUT2D eigenvalue weighted by molar-refractivity contribution is 0.668. The Morgan fingerprint density at radius 2 is 0.895 bits per heavy atom. The minimum Gasteiger partial charge on any atom is -0.456 e. The number of aromatic nitrogens is 3. The van der Waals surface area contributed by atoms with E-state index in [1.165, 1.54) is 11.1 Å². The first kappa shape index (κ1) is 32.6. The molecule has 0 spiro atoms. The van der Waals surface area contributed by atoms with E-state index in [2.05, 4.69) is 114 Å². The van der Waals surface area contributed by atoms with Gasteiger partial charge in [0.25, 0.3) is 0 Å². The molecule has 6 nitrogen and oxygen atoms in total. The van der Waals surface area contributed by atoms with Crippen LogP contribution in [-0.2, 0) is 0 Å². The molecule has 11 rings (SSSR count). The third-order valence-corrected chi connectivity index (χ3v) is 10.5. The van der Waals surface area contributed by atoms with Crippen LogP contribution in [0.25, 0.3) is 89.2 Å². The molecular formula is C51H32N4O2. The molecule has 8 aromatic carbocycles. The Hall–Kier alpha value is -7.83. The third kappa shape index (κ3) is 5.70. The van der Waals surface area contributed by atoms with Gasteiger partial charge in [0.15, 0.2) is 17.5 Å². The van der Waals surface area contributed by atoms with Crippen molar-refractivity contribution in [1.82, 2.24) is 15.0 Å². The maximum atomic E-state index is 6.66. The van der Waals surface area contributed by atoms with E-state index in [4.69, 9.17) is 23.8 Å². The summed E-state index contributed by atoms with van der Waals surface area (Å²) >= 11 is 0. The molecule has 11 aromatic rings. The van der Waals surface area contributed by atoms with Crippen molar-refractivity contribution in [3.05, 3.63) is 194 Å². The van der Waals surface area contributed by atoms with Crippen molar-refractivity contribution in [2.45, 2.75) is 0 Å². The van der Waals surface area contributed by atoms with E-state index in [0.29, 0.717) is 17.5 Å². The number of nitrogens with zero attached hydrogens (tertiary/aromatic N) is 4. The van der Waals surface area contributed by atoms with Gasteiger partial charge >= 0.3 is 0 Å². The van der Waals surface area contributed by atoms with Crippen LogP contribution >= 0.6 is 0 Å². The number of benzene rings is 8. The summed E-state index contributed by atoms with van der Waals surface area (Å²) in [6.07, 6.45) is 0. The summed E-state index contributed by atoms with van der Waals surface area (Å²) in [6.45, 7) is 0. The number of hydrogen-bond donors (Lipinski definition) is 0. The average Bonchev–Trinajstić information content (AvgIpc) is 3.86. The van der Waals surface area contributed by atoms with Crippen LogP contribution in [0.3, 0.4) is 0 Å². The maximum Gasteiger partial charge on any atom is 0.167 e. The topological polar surface area (TPSA) is 68.2 Å². The highest BCUT2D eigenvalue weighted by molar-refractivity contribution is 6.13. The fourth-order valence-electron chi connectivity index (χ4n) is 7.85. The third-order valence-electron chi connectivity index (χ3n) is 10.5. The molecule has 3 heterocycles. The highest BCUT2D eigenvalue weighted by atomic mass is 16.3. The van der Waals surface area contributed by atoms with Gasteiger partial charge in [0.1, 0.15) is 22.3 Å².